The molecule has 0 spiro atoms. The van der Waals surface area contributed by atoms with Crippen molar-refractivity contribution >= 4 is 34.5 Å². The lowest BCUT2D eigenvalue weighted by Crippen LogP contribution is -2.28. The molecule has 116 valence electrons. The maximum absolute atomic E-state index is 12.6. The Labute approximate surface area is 139 Å². The number of rotatable bonds is 2. The van der Waals surface area contributed by atoms with Crippen LogP contribution in [-0.2, 0) is 9.59 Å². The fourth-order valence-electron chi connectivity index (χ4n) is 2.87. The Bertz CT molecular complexity index is 977. The van der Waals surface area contributed by atoms with E-state index in [9.17, 15) is 9.59 Å². The van der Waals surface area contributed by atoms with Crippen LogP contribution in [0.15, 0.2) is 72.3 Å². The molecule has 0 aliphatic carbocycles. The van der Waals surface area contributed by atoms with Crippen LogP contribution in [0.1, 0.15) is 12.1 Å². The van der Waals surface area contributed by atoms with Crippen molar-refractivity contribution in [1.29, 1.82) is 0 Å². The van der Waals surface area contributed by atoms with Crippen LogP contribution in [0.5, 0.6) is 0 Å². The van der Waals surface area contributed by atoms with Crippen molar-refractivity contribution in [3.05, 3.63) is 78.0 Å². The lowest BCUT2D eigenvalue weighted by molar-refractivity contribution is -0.120. The molecule has 0 N–H and O–H groups in total. The van der Waals surface area contributed by atoms with Crippen LogP contribution in [0.2, 0.25) is 0 Å². The molecule has 4 rings (SSSR count). The summed E-state index contributed by atoms with van der Waals surface area (Å²) in [6.45, 7) is 0. The number of imide groups is 1. The largest absolute Gasteiger partial charge is 0.274 e. The molecule has 2 heterocycles. The first kappa shape index (κ1) is 14.3. The van der Waals surface area contributed by atoms with Gasteiger partial charge in [0, 0.05) is 11.0 Å². The number of carbonyl (C=O) groups excluding carboxylic acids is 2. The molecule has 0 bridgehead atoms. The van der Waals surface area contributed by atoms with E-state index in [0.717, 1.165) is 10.9 Å². The van der Waals surface area contributed by atoms with Gasteiger partial charge in [0.15, 0.2) is 0 Å². The molecular weight excluding hydrogens is 300 g/mol. The van der Waals surface area contributed by atoms with E-state index < -0.39 is 0 Å². The van der Waals surface area contributed by atoms with Crippen LogP contribution in [0.4, 0.5) is 5.69 Å². The molecule has 1 aliphatic heterocycles. The van der Waals surface area contributed by atoms with Crippen molar-refractivity contribution in [3.63, 3.8) is 0 Å². The molecule has 3 aromatic rings. The van der Waals surface area contributed by atoms with Gasteiger partial charge in [0.1, 0.15) is 0 Å². The summed E-state index contributed by atoms with van der Waals surface area (Å²) in [6, 6.07) is 20.6. The summed E-state index contributed by atoms with van der Waals surface area (Å²) in [4.78, 5) is 30.6. The van der Waals surface area contributed by atoms with E-state index in [1.807, 2.05) is 54.6 Å². The van der Waals surface area contributed by atoms with Crippen LogP contribution in [0, 0.1) is 0 Å². The number of fused-ring (bicyclic) bond motifs is 1. The maximum atomic E-state index is 12.6. The minimum Gasteiger partial charge on any atom is -0.274 e. The molecule has 4 nitrogen and oxygen atoms in total. The number of hydrogen-bond donors (Lipinski definition) is 0. The third-order valence-corrected chi connectivity index (χ3v) is 4.03. The number of hydrogen-bond acceptors (Lipinski definition) is 3. The van der Waals surface area contributed by atoms with Crippen molar-refractivity contribution in [1.82, 2.24) is 4.98 Å². The second-order valence-corrected chi connectivity index (χ2v) is 5.65. The minimum atomic E-state index is -0.277. The predicted molar refractivity (Wildman–Crippen MR) is 93.3 cm³/mol. The first-order chi connectivity index (χ1) is 11.7. The van der Waals surface area contributed by atoms with E-state index >= 15 is 0 Å². The molecule has 2 amide bonds. The van der Waals surface area contributed by atoms with Gasteiger partial charge in [0.05, 0.1) is 23.3 Å². The van der Waals surface area contributed by atoms with Gasteiger partial charge in [-0.25, -0.2) is 9.88 Å². The van der Waals surface area contributed by atoms with Crippen molar-refractivity contribution in [2.45, 2.75) is 6.42 Å². The van der Waals surface area contributed by atoms with Gasteiger partial charge >= 0.3 is 0 Å². The van der Waals surface area contributed by atoms with Gasteiger partial charge in [-0.2, -0.15) is 0 Å². The average molecular weight is 314 g/mol. The first-order valence-electron chi connectivity index (χ1n) is 7.71. The summed E-state index contributed by atoms with van der Waals surface area (Å²) in [7, 11) is 0. The standard InChI is InChI=1S/C20H14N2O2/c23-19-13-15(20(24)22(19)17-7-2-1-3-8-17)12-16-11-10-14-6-4-5-9-18(14)21-16/h1-12H,13H2/b15-12+. The number of pyridine rings is 1. The molecule has 1 fully saturated rings. The Morgan fingerprint density at radius 1 is 0.875 bits per heavy atom. The first-order valence-corrected chi connectivity index (χ1v) is 7.71. The minimum absolute atomic E-state index is 0.0994. The van der Waals surface area contributed by atoms with Crippen LogP contribution < -0.4 is 4.90 Å². The summed E-state index contributed by atoms with van der Waals surface area (Å²) in [5.41, 5.74) is 2.61. The molecule has 1 aromatic heterocycles. The highest BCUT2D eigenvalue weighted by Crippen LogP contribution is 2.27. The second-order valence-electron chi connectivity index (χ2n) is 5.65. The molecule has 0 atom stereocenters. The number of aromatic nitrogens is 1. The molecule has 0 radical (unpaired) electrons. The van der Waals surface area contributed by atoms with Crippen molar-refractivity contribution in [2.24, 2.45) is 0 Å². The number of nitrogens with zero attached hydrogens (tertiary/aromatic N) is 2. The lowest BCUT2D eigenvalue weighted by atomic mass is 10.1. The third kappa shape index (κ3) is 2.48. The van der Waals surface area contributed by atoms with Crippen LogP contribution in [0.3, 0.4) is 0 Å². The van der Waals surface area contributed by atoms with Gasteiger partial charge in [0.25, 0.3) is 5.91 Å². The second kappa shape index (κ2) is 5.74. The van der Waals surface area contributed by atoms with Gasteiger partial charge in [-0.1, -0.05) is 42.5 Å². The molecule has 0 unspecified atom stereocenters. The Hall–Kier alpha value is -3.27. The zero-order valence-electron chi connectivity index (χ0n) is 12.8. The Morgan fingerprint density at radius 3 is 2.46 bits per heavy atom. The summed E-state index contributed by atoms with van der Waals surface area (Å²) in [5, 5.41) is 1.04. The summed E-state index contributed by atoms with van der Waals surface area (Å²) in [6.07, 6.45) is 1.80. The summed E-state index contributed by atoms with van der Waals surface area (Å²) < 4.78 is 0. The highest BCUT2D eigenvalue weighted by molar-refractivity contribution is 6.29. The number of anilines is 1. The number of benzene rings is 2. The fourth-order valence-corrected chi connectivity index (χ4v) is 2.87. The zero-order valence-corrected chi connectivity index (χ0v) is 12.8. The molecular formula is C20H14N2O2. The molecule has 1 aliphatic rings. The Morgan fingerprint density at radius 2 is 1.62 bits per heavy atom. The SMILES string of the molecule is O=C1C/C(=C\c2ccc3ccccc3n2)C(=O)N1c1ccccc1. The van der Waals surface area contributed by atoms with Crippen LogP contribution in [0.25, 0.3) is 17.0 Å². The Balaban J connectivity index is 1.70. The predicted octanol–water partition coefficient (Wildman–Crippen LogP) is 3.58. The van der Waals surface area contributed by atoms with Crippen molar-refractivity contribution < 1.29 is 9.59 Å². The molecule has 0 saturated carbocycles. The quantitative estimate of drug-likeness (QED) is 0.536. The van der Waals surface area contributed by atoms with E-state index in [0.29, 0.717) is 17.0 Å². The zero-order chi connectivity index (χ0) is 16.5. The molecule has 1 saturated heterocycles. The Kier molecular flexibility index (Phi) is 3.43. The molecule has 24 heavy (non-hydrogen) atoms. The number of amides is 2. The van der Waals surface area contributed by atoms with Crippen molar-refractivity contribution in [3.8, 4) is 0 Å². The van der Waals surface area contributed by atoms with E-state index in [1.165, 1.54) is 4.90 Å². The van der Waals surface area contributed by atoms with E-state index in [2.05, 4.69) is 4.98 Å². The third-order valence-electron chi connectivity index (χ3n) is 4.03. The van der Waals surface area contributed by atoms with Gasteiger partial charge in [-0.3, -0.25) is 9.59 Å². The van der Waals surface area contributed by atoms with E-state index in [4.69, 9.17) is 0 Å². The van der Waals surface area contributed by atoms with E-state index in [1.54, 1.807) is 18.2 Å². The average Bonchev–Trinajstić information content (AvgIpc) is 2.89. The molecule has 2 aromatic carbocycles. The highest BCUT2D eigenvalue weighted by Gasteiger charge is 2.34. The van der Waals surface area contributed by atoms with Gasteiger partial charge in [-0.15, -0.1) is 0 Å². The topological polar surface area (TPSA) is 50.3 Å². The lowest BCUT2D eigenvalue weighted by Gasteiger charge is -2.12. The van der Waals surface area contributed by atoms with Crippen LogP contribution >= 0.6 is 0 Å². The number of para-hydroxylation sites is 2. The maximum Gasteiger partial charge on any atom is 0.261 e. The van der Waals surface area contributed by atoms with Gasteiger partial charge in [-0.05, 0) is 30.3 Å². The van der Waals surface area contributed by atoms with Gasteiger partial charge < -0.3 is 0 Å². The molecule has 4 heteroatoms. The smallest absolute Gasteiger partial charge is 0.261 e. The highest BCUT2D eigenvalue weighted by atomic mass is 16.2. The van der Waals surface area contributed by atoms with E-state index in [-0.39, 0.29) is 18.2 Å². The normalized spacial score (nSPS) is 16.3. The number of carbonyl (C=O) groups is 2. The van der Waals surface area contributed by atoms with Crippen molar-refractivity contribution in [2.75, 3.05) is 4.90 Å². The monoisotopic (exact) mass is 314 g/mol. The summed E-state index contributed by atoms with van der Waals surface area (Å²) in [5.74, 6) is -0.487. The fraction of sp³-hybridized carbons (Fsp3) is 0.0500. The summed E-state index contributed by atoms with van der Waals surface area (Å²) >= 11 is 0. The van der Waals surface area contributed by atoms with Crippen LogP contribution in [-0.4, -0.2) is 16.8 Å². The van der Waals surface area contributed by atoms with Gasteiger partial charge in [0.2, 0.25) is 5.91 Å².